The van der Waals surface area contributed by atoms with Crippen LogP contribution in [0.3, 0.4) is 0 Å². The van der Waals surface area contributed by atoms with Crippen LogP contribution in [0.25, 0.3) is 10.9 Å². The smallest absolute Gasteiger partial charge is 0.329 e. The molecule has 9 nitrogen and oxygen atoms in total. The van der Waals surface area contributed by atoms with E-state index in [2.05, 4.69) is 4.98 Å². The van der Waals surface area contributed by atoms with Crippen molar-refractivity contribution in [1.29, 1.82) is 0 Å². The fraction of sp³-hybridized carbons (Fsp3) is 0.421. The quantitative estimate of drug-likeness (QED) is 0.590. The van der Waals surface area contributed by atoms with Crippen LogP contribution in [0.4, 0.5) is 0 Å². The van der Waals surface area contributed by atoms with Crippen molar-refractivity contribution >= 4 is 32.8 Å². The zero-order valence-electron chi connectivity index (χ0n) is 17.5. The fourth-order valence-electron chi connectivity index (χ4n) is 2.84. The van der Waals surface area contributed by atoms with Crippen molar-refractivity contribution in [3.63, 3.8) is 0 Å². The summed E-state index contributed by atoms with van der Waals surface area (Å²) < 4.78 is 39.8. The zero-order valence-corrected chi connectivity index (χ0v) is 17.3. The van der Waals surface area contributed by atoms with Gasteiger partial charge in [0.1, 0.15) is 10.9 Å². The summed E-state index contributed by atoms with van der Waals surface area (Å²) >= 11 is 0. The molecule has 1 aromatic carbocycles. The van der Waals surface area contributed by atoms with Gasteiger partial charge in [-0.2, -0.15) is 0 Å². The Hall–Kier alpha value is -2.56. The van der Waals surface area contributed by atoms with Crippen LogP contribution in [-0.4, -0.2) is 54.8 Å². The van der Waals surface area contributed by atoms with E-state index in [1.54, 1.807) is 19.1 Å². The first-order chi connectivity index (χ1) is 14.0. The molecule has 0 aliphatic heterocycles. The first kappa shape index (κ1) is 21.2. The first-order valence-electron chi connectivity index (χ1n) is 9.62. The van der Waals surface area contributed by atoms with Crippen molar-refractivity contribution in [2.45, 2.75) is 44.2 Å². The van der Waals surface area contributed by atoms with Crippen molar-refractivity contribution in [3.8, 4) is 0 Å². The van der Waals surface area contributed by atoms with Crippen LogP contribution in [-0.2, 0) is 24.3 Å². The fourth-order valence-corrected chi connectivity index (χ4v) is 4.60. The largest absolute Gasteiger partial charge is 0.464 e. The van der Waals surface area contributed by atoms with E-state index in [1.165, 1.54) is 25.3 Å². The molecule has 29 heavy (non-hydrogen) atoms. The summed E-state index contributed by atoms with van der Waals surface area (Å²) in [5.41, 5.74) is 12.2. The molecule has 0 bridgehead atoms. The highest BCUT2D eigenvalue weighted by Crippen LogP contribution is 2.27. The van der Waals surface area contributed by atoms with Crippen LogP contribution in [0.5, 0.6) is 0 Å². The second kappa shape index (κ2) is 9.29. The van der Waals surface area contributed by atoms with Gasteiger partial charge >= 0.3 is 5.97 Å². The van der Waals surface area contributed by atoms with Gasteiger partial charge in [-0.1, -0.05) is 12.1 Å². The van der Waals surface area contributed by atoms with Gasteiger partial charge < -0.3 is 16.2 Å². The van der Waals surface area contributed by atoms with Gasteiger partial charge in [0.15, 0.2) is 0 Å². The number of nitrogens with zero attached hydrogens (tertiary/aromatic N) is 2. The van der Waals surface area contributed by atoms with Crippen LogP contribution in [0.2, 0.25) is 0 Å². The Labute approximate surface area is 171 Å². The minimum atomic E-state index is -4.54. The number of hydrogen-bond acceptors (Lipinski definition) is 8. The molecule has 10 heteroatoms. The highest BCUT2D eigenvalue weighted by Gasteiger charge is 2.40. The standard InChI is InChI=1S/C19H26N4O5S/c1-4-28-19(25)13(3)23(18(24)15(21)8-9-20)29(26,27)16-7-5-6-14-10-12(2)11-22-17(14)16/h5-7,10-11,13,15H,4,8-9,20-21H2,1-3H3/t13-,15?/m0/s1/i9D/t9?,13-,15?. The van der Waals surface area contributed by atoms with Gasteiger partial charge in [0.05, 0.1) is 18.2 Å². The van der Waals surface area contributed by atoms with E-state index in [1.807, 2.05) is 6.92 Å². The Morgan fingerprint density at radius 1 is 1.38 bits per heavy atom. The molecular weight excluding hydrogens is 396 g/mol. The molecule has 2 aromatic rings. The molecule has 0 saturated carbocycles. The monoisotopic (exact) mass is 423 g/mol. The number of ether oxygens (including phenoxy) is 1. The lowest BCUT2D eigenvalue weighted by Gasteiger charge is -2.29. The highest BCUT2D eigenvalue weighted by molar-refractivity contribution is 7.90. The molecule has 2 rings (SSSR count). The number of benzene rings is 1. The number of carbonyl (C=O) groups excluding carboxylic acids is 2. The molecule has 0 radical (unpaired) electrons. The third-order valence-electron chi connectivity index (χ3n) is 4.25. The van der Waals surface area contributed by atoms with Gasteiger partial charge in [-0.25, -0.2) is 17.5 Å². The van der Waals surface area contributed by atoms with E-state index in [0.717, 1.165) is 5.56 Å². The number of rotatable bonds is 8. The molecular formula is C19H26N4O5S. The van der Waals surface area contributed by atoms with E-state index in [4.69, 9.17) is 17.6 Å². The summed E-state index contributed by atoms with van der Waals surface area (Å²) in [7, 11) is -4.54. The third-order valence-corrected chi connectivity index (χ3v) is 6.15. The lowest BCUT2D eigenvalue weighted by atomic mass is 10.2. The molecule has 0 fully saturated rings. The Morgan fingerprint density at radius 3 is 2.69 bits per heavy atom. The predicted molar refractivity (Wildman–Crippen MR) is 108 cm³/mol. The van der Waals surface area contributed by atoms with Gasteiger partial charge in [-0.15, -0.1) is 0 Å². The maximum atomic E-state index is 13.5. The Morgan fingerprint density at radius 2 is 2.07 bits per heavy atom. The summed E-state index contributed by atoms with van der Waals surface area (Å²) in [6, 6.07) is 3.41. The third kappa shape index (κ3) is 4.72. The van der Waals surface area contributed by atoms with Crippen LogP contribution in [0.1, 0.15) is 27.2 Å². The number of amides is 1. The lowest BCUT2D eigenvalue weighted by molar-refractivity contribution is -0.150. The second-order valence-corrected chi connectivity index (χ2v) is 8.27. The molecule has 1 aromatic heterocycles. The van der Waals surface area contributed by atoms with E-state index in [0.29, 0.717) is 9.69 Å². The lowest BCUT2D eigenvalue weighted by Crippen LogP contribution is -2.53. The number of esters is 1. The van der Waals surface area contributed by atoms with E-state index in [-0.39, 0.29) is 23.4 Å². The minimum absolute atomic E-state index is 0.00397. The van der Waals surface area contributed by atoms with Crippen molar-refractivity contribution in [2.75, 3.05) is 13.1 Å². The highest BCUT2D eigenvalue weighted by atomic mass is 32.2. The molecule has 0 aliphatic rings. The molecule has 0 aliphatic carbocycles. The Balaban J connectivity index is 2.64. The number of aromatic nitrogens is 1. The van der Waals surface area contributed by atoms with Gasteiger partial charge in [-0.3, -0.25) is 9.78 Å². The number of carbonyl (C=O) groups is 2. The normalized spacial score (nSPS) is 15.3. The number of para-hydroxylation sites is 1. The van der Waals surface area contributed by atoms with Gasteiger partial charge in [0.2, 0.25) is 0 Å². The molecule has 158 valence electrons. The van der Waals surface area contributed by atoms with Gasteiger partial charge in [-0.05, 0) is 51.4 Å². The number of nitrogens with two attached hydrogens (primary N) is 2. The number of pyridine rings is 1. The Bertz CT molecular complexity index is 1040. The minimum Gasteiger partial charge on any atom is -0.464 e. The van der Waals surface area contributed by atoms with Gasteiger partial charge in [0.25, 0.3) is 15.9 Å². The van der Waals surface area contributed by atoms with Crippen LogP contribution < -0.4 is 11.5 Å². The second-order valence-electron chi connectivity index (χ2n) is 6.49. The van der Waals surface area contributed by atoms with E-state index >= 15 is 0 Å². The number of sulfonamides is 1. The summed E-state index contributed by atoms with van der Waals surface area (Å²) in [6.07, 6.45) is 1.22. The molecule has 0 spiro atoms. The average molecular weight is 424 g/mol. The number of hydrogen-bond donors (Lipinski definition) is 2. The summed E-state index contributed by atoms with van der Waals surface area (Å²) in [5, 5.41) is 0.560. The van der Waals surface area contributed by atoms with Crippen molar-refractivity contribution < 1.29 is 24.1 Å². The predicted octanol–water partition coefficient (Wildman–Crippen LogP) is 0.688. The molecule has 1 heterocycles. The van der Waals surface area contributed by atoms with Crippen LogP contribution >= 0.6 is 0 Å². The molecule has 1 amide bonds. The van der Waals surface area contributed by atoms with E-state index < -0.39 is 40.5 Å². The molecule has 4 N–H and O–H groups in total. The zero-order chi connectivity index (χ0) is 22.6. The SMILES string of the molecule is [2H]C(N)CC(N)C(=O)N([C@@H](C)C(=O)OCC)S(=O)(=O)c1cccc2cc(C)cnc12. The van der Waals surface area contributed by atoms with Crippen LogP contribution in [0, 0.1) is 6.92 Å². The maximum Gasteiger partial charge on any atom is 0.329 e. The first-order valence-corrected chi connectivity index (χ1v) is 10.5. The summed E-state index contributed by atoms with van der Waals surface area (Å²) in [6.45, 7) is 3.43. The topological polar surface area (TPSA) is 146 Å². The van der Waals surface area contributed by atoms with Crippen molar-refractivity contribution in [2.24, 2.45) is 11.5 Å². The van der Waals surface area contributed by atoms with Crippen molar-refractivity contribution in [1.82, 2.24) is 9.29 Å². The van der Waals surface area contributed by atoms with Gasteiger partial charge in [0, 0.05) is 13.0 Å². The molecule has 0 saturated heterocycles. The molecule has 3 atom stereocenters. The Kier molecular flexibility index (Phi) is 6.78. The van der Waals surface area contributed by atoms with E-state index in [9.17, 15) is 18.0 Å². The average Bonchev–Trinajstić information content (AvgIpc) is 2.66. The number of aryl methyl sites for hydroxylation is 1. The summed E-state index contributed by atoms with van der Waals surface area (Å²) in [5.74, 6) is -1.96. The summed E-state index contributed by atoms with van der Waals surface area (Å²) in [4.78, 5) is 29.3. The number of fused-ring (bicyclic) bond motifs is 1. The van der Waals surface area contributed by atoms with Crippen molar-refractivity contribution in [3.05, 3.63) is 36.0 Å². The molecule has 2 unspecified atom stereocenters. The van der Waals surface area contributed by atoms with Crippen LogP contribution in [0.15, 0.2) is 35.4 Å². The maximum absolute atomic E-state index is 13.5.